The van der Waals surface area contributed by atoms with Gasteiger partial charge in [0.15, 0.2) is 17.3 Å². The van der Waals surface area contributed by atoms with E-state index in [9.17, 15) is 4.79 Å². The molecule has 1 aliphatic heterocycles. The van der Waals surface area contributed by atoms with E-state index in [1.807, 2.05) is 52.7 Å². The quantitative estimate of drug-likeness (QED) is 0.550. The Labute approximate surface area is 185 Å². The van der Waals surface area contributed by atoms with Crippen LogP contribution in [0.2, 0.25) is 0 Å². The van der Waals surface area contributed by atoms with Gasteiger partial charge in [0, 0.05) is 32.3 Å². The minimum Gasteiger partial charge on any atom is -0.493 e. The molecule has 8 heteroatoms. The molecule has 0 N–H and O–H groups in total. The lowest BCUT2D eigenvalue weighted by molar-refractivity contribution is -0.126. The highest BCUT2D eigenvalue weighted by atomic mass is 32.1. The van der Waals surface area contributed by atoms with Crippen molar-refractivity contribution in [2.75, 3.05) is 45.3 Å². The van der Waals surface area contributed by atoms with Gasteiger partial charge in [-0.15, -0.1) is 21.5 Å². The second kappa shape index (κ2) is 9.61. The number of carbonyl (C=O) groups excluding carboxylic acids is 1. The Morgan fingerprint density at radius 1 is 1.00 bits per heavy atom. The van der Waals surface area contributed by atoms with E-state index in [0.29, 0.717) is 24.6 Å². The van der Waals surface area contributed by atoms with Crippen molar-refractivity contribution in [2.45, 2.75) is 0 Å². The van der Waals surface area contributed by atoms with Crippen LogP contribution >= 0.6 is 11.3 Å². The van der Waals surface area contributed by atoms with Gasteiger partial charge in [0.2, 0.25) is 5.91 Å². The van der Waals surface area contributed by atoms with Crippen LogP contribution in [0.25, 0.3) is 16.6 Å². The van der Waals surface area contributed by atoms with Gasteiger partial charge in [-0.2, -0.15) is 0 Å². The molecule has 0 spiro atoms. The number of anilines is 1. The number of amides is 1. The number of piperazine rings is 1. The summed E-state index contributed by atoms with van der Waals surface area (Å²) in [5.41, 5.74) is 1.76. The van der Waals surface area contributed by atoms with Gasteiger partial charge in [0.25, 0.3) is 0 Å². The Morgan fingerprint density at radius 2 is 1.81 bits per heavy atom. The van der Waals surface area contributed by atoms with Crippen LogP contribution < -0.4 is 14.4 Å². The number of hydrogen-bond donors (Lipinski definition) is 0. The molecule has 0 atom stereocenters. The third-order valence-corrected chi connectivity index (χ3v) is 6.06. The van der Waals surface area contributed by atoms with Crippen LogP contribution in [0, 0.1) is 0 Å². The summed E-state index contributed by atoms with van der Waals surface area (Å²) in [5, 5.41) is 10.8. The van der Waals surface area contributed by atoms with Crippen LogP contribution in [0.1, 0.15) is 5.56 Å². The van der Waals surface area contributed by atoms with Crippen molar-refractivity contribution < 1.29 is 14.3 Å². The molecule has 0 aliphatic carbocycles. The van der Waals surface area contributed by atoms with E-state index < -0.39 is 0 Å². The third-order valence-electron chi connectivity index (χ3n) is 5.17. The predicted molar refractivity (Wildman–Crippen MR) is 123 cm³/mol. The Hall–Kier alpha value is -3.39. The highest BCUT2D eigenvalue weighted by Crippen LogP contribution is 2.28. The second-order valence-corrected chi connectivity index (χ2v) is 7.96. The van der Waals surface area contributed by atoms with Crippen LogP contribution in [-0.4, -0.2) is 61.4 Å². The van der Waals surface area contributed by atoms with Crippen LogP contribution in [0.3, 0.4) is 0 Å². The normalized spacial score (nSPS) is 14.1. The van der Waals surface area contributed by atoms with E-state index in [1.165, 1.54) is 0 Å². The molecule has 0 saturated carbocycles. The molecular weight excluding hydrogens is 412 g/mol. The van der Waals surface area contributed by atoms with Crippen molar-refractivity contribution in [3.8, 4) is 22.1 Å². The lowest BCUT2D eigenvalue weighted by Crippen LogP contribution is -2.48. The first-order valence-electron chi connectivity index (χ1n) is 9.99. The molecule has 160 valence electrons. The zero-order valence-corrected chi connectivity index (χ0v) is 18.3. The Bertz CT molecular complexity index is 1040. The molecule has 3 aromatic rings. The van der Waals surface area contributed by atoms with Crippen molar-refractivity contribution in [3.05, 3.63) is 59.5 Å². The van der Waals surface area contributed by atoms with Crippen LogP contribution in [-0.2, 0) is 4.79 Å². The summed E-state index contributed by atoms with van der Waals surface area (Å²) in [6, 6.07) is 13.6. The molecule has 1 amide bonds. The molecule has 2 aromatic heterocycles. The van der Waals surface area contributed by atoms with E-state index in [0.717, 1.165) is 35.0 Å². The van der Waals surface area contributed by atoms with Crippen molar-refractivity contribution in [2.24, 2.45) is 0 Å². The minimum atomic E-state index is -0.00596. The highest BCUT2D eigenvalue weighted by molar-refractivity contribution is 7.13. The number of hydrogen-bond acceptors (Lipinski definition) is 7. The third kappa shape index (κ3) is 4.86. The molecule has 31 heavy (non-hydrogen) atoms. The van der Waals surface area contributed by atoms with E-state index >= 15 is 0 Å². The summed E-state index contributed by atoms with van der Waals surface area (Å²) in [4.78, 5) is 17.7. The fourth-order valence-electron chi connectivity index (χ4n) is 3.43. The average Bonchev–Trinajstić information content (AvgIpc) is 3.37. The maximum atomic E-state index is 12.6. The minimum absolute atomic E-state index is 0.00596. The van der Waals surface area contributed by atoms with Gasteiger partial charge in [-0.25, -0.2) is 0 Å². The largest absolute Gasteiger partial charge is 0.493 e. The Kier molecular flexibility index (Phi) is 6.47. The summed E-state index contributed by atoms with van der Waals surface area (Å²) in [5.74, 6) is 2.13. The Balaban J connectivity index is 1.33. The van der Waals surface area contributed by atoms with Gasteiger partial charge in [-0.05, 0) is 47.4 Å². The van der Waals surface area contributed by atoms with Gasteiger partial charge in [-0.1, -0.05) is 12.1 Å². The smallest absolute Gasteiger partial charge is 0.246 e. The van der Waals surface area contributed by atoms with Crippen molar-refractivity contribution in [1.82, 2.24) is 15.1 Å². The molecule has 3 heterocycles. The number of aromatic nitrogens is 2. The Morgan fingerprint density at radius 3 is 2.45 bits per heavy atom. The number of methoxy groups -OCH3 is 2. The molecule has 0 radical (unpaired) electrons. The number of benzene rings is 1. The first-order chi connectivity index (χ1) is 15.2. The lowest BCUT2D eigenvalue weighted by atomic mass is 10.2. The monoisotopic (exact) mass is 436 g/mol. The zero-order chi connectivity index (χ0) is 21.6. The molecule has 1 saturated heterocycles. The maximum absolute atomic E-state index is 12.6. The molecule has 1 aliphatic rings. The van der Waals surface area contributed by atoms with E-state index in [1.54, 1.807) is 37.7 Å². The first kappa shape index (κ1) is 20.9. The number of carbonyl (C=O) groups is 1. The van der Waals surface area contributed by atoms with Crippen molar-refractivity contribution in [3.63, 3.8) is 0 Å². The standard InChI is InChI=1S/C23H24N4O3S/c1-29-19-8-5-17(16-20(19)30-2)6-10-23(28)27-13-11-26(12-14-27)22-9-7-18(24-25-22)21-4-3-15-31-21/h3-10,15-16H,11-14H2,1-2H3/b10-6+. The number of rotatable bonds is 6. The van der Waals surface area contributed by atoms with E-state index in [4.69, 9.17) is 9.47 Å². The molecule has 4 rings (SSSR count). The fourth-order valence-corrected chi connectivity index (χ4v) is 4.13. The first-order valence-corrected chi connectivity index (χ1v) is 10.9. The van der Waals surface area contributed by atoms with Crippen LogP contribution in [0.5, 0.6) is 11.5 Å². The maximum Gasteiger partial charge on any atom is 0.246 e. The van der Waals surface area contributed by atoms with Gasteiger partial charge in [0.1, 0.15) is 5.69 Å². The van der Waals surface area contributed by atoms with Gasteiger partial charge in [0.05, 0.1) is 19.1 Å². The summed E-state index contributed by atoms with van der Waals surface area (Å²) in [6.45, 7) is 2.73. The fraction of sp³-hybridized carbons (Fsp3) is 0.261. The molecule has 0 unspecified atom stereocenters. The average molecular weight is 437 g/mol. The van der Waals surface area contributed by atoms with Crippen LogP contribution in [0.4, 0.5) is 5.82 Å². The molecule has 1 fully saturated rings. The summed E-state index contributed by atoms with van der Waals surface area (Å²) < 4.78 is 10.6. The molecule has 7 nitrogen and oxygen atoms in total. The predicted octanol–water partition coefficient (Wildman–Crippen LogP) is 3.58. The summed E-state index contributed by atoms with van der Waals surface area (Å²) >= 11 is 1.65. The van der Waals surface area contributed by atoms with Gasteiger partial charge >= 0.3 is 0 Å². The number of thiophene rings is 1. The summed E-state index contributed by atoms with van der Waals surface area (Å²) in [6.07, 6.45) is 3.40. The highest BCUT2D eigenvalue weighted by Gasteiger charge is 2.21. The number of nitrogens with zero attached hydrogens (tertiary/aromatic N) is 4. The van der Waals surface area contributed by atoms with Gasteiger partial charge in [-0.3, -0.25) is 4.79 Å². The van der Waals surface area contributed by atoms with E-state index in [-0.39, 0.29) is 5.91 Å². The van der Waals surface area contributed by atoms with Crippen molar-refractivity contribution in [1.29, 1.82) is 0 Å². The lowest BCUT2D eigenvalue weighted by Gasteiger charge is -2.34. The molecule has 0 bridgehead atoms. The topological polar surface area (TPSA) is 67.8 Å². The van der Waals surface area contributed by atoms with Crippen molar-refractivity contribution >= 4 is 29.1 Å². The van der Waals surface area contributed by atoms with Crippen LogP contribution in [0.15, 0.2) is 53.9 Å². The summed E-state index contributed by atoms with van der Waals surface area (Å²) in [7, 11) is 3.19. The van der Waals surface area contributed by atoms with E-state index in [2.05, 4.69) is 15.1 Å². The molecule has 1 aromatic carbocycles. The SMILES string of the molecule is COc1ccc(/C=C/C(=O)N2CCN(c3ccc(-c4cccs4)nn3)CC2)cc1OC. The second-order valence-electron chi connectivity index (χ2n) is 7.01. The molecular formula is C23H24N4O3S. The number of ether oxygens (including phenoxy) is 2. The van der Waals surface area contributed by atoms with Gasteiger partial charge < -0.3 is 19.3 Å². The zero-order valence-electron chi connectivity index (χ0n) is 17.5.